The van der Waals surface area contributed by atoms with Gasteiger partial charge in [-0.25, -0.2) is 0 Å². The van der Waals surface area contributed by atoms with E-state index in [1.165, 1.54) is 0 Å². The lowest BCUT2D eigenvalue weighted by atomic mass is 10.3. The zero-order valence-corrected chi connectivity index (χ0v) is 5.96. The van der Waals surface area contributed by atoms with E-state index in [-0.39, 0.29) is 6.42 Å². The summed E-state index contributed by atoms with van der Waals surface area (Å²) >= 11 is 0. The van der Waals surface area contributed by atoms with E-state index in [0.717, 1.165) is 0 Å². The van der Waals surface area contributed by atoms with Gasteiger partial charge in [0, 0.05) is 13.8 Å². The molecule has 58 valence electrons. The zero-order valence-electron chi connectivity index (χ0n) is 5.96. The highest BCUT2D eigenvalue weighted by Crippen LogP contribution is 2.20. The van der Waals surface area contributed by atoms with Crippen molar-refractivity contribution in [3.05, 3.63) is 0 Å². The van der Waals surface area contributed by atoms with Gasteiger partial charge in [-0.1, -0.05) is 0 Å². The van der Waals surface area contributed by atoms with Gasteiger partial charge in [0.2, 0.25) is 5.79 Å². The lowest BCUT2D eigenvalue weighted by Crippen LogP contribution is -2.42. The molecule has 1 atom stereocenters. The summed E-state index contributed by atoms with van der Waals surface area (Å²) in [5, 5.41) is 8.89. The largest absolute Gasteiger partial charge is 0.433 e. The lowest BCUT2D eigenvalue weighted by Gasteiger charge is -2.32. The zero-order chi connectivity index (χ0) is 7.78. The first-order valence-electron chi connectivity index (χ1n) is 3.07. The first-order chi connectivity index (χ1) is 4.49. The van der Waals surface area contributed by atoms with Crippen molar-refractivity contribution in [2.24, 2.45) is 0 Å². The van der Waals surface area contributed by atoms with E-state index in [2.05, 4.69) is 0 Å². The van der Waals surface area contributed by atoms with E-state index in [9.17, 15) is 4.79 Å². The lowest BCUT2D eigenvalue weighted by molar-refractivity contribution is -0.298. The first kappa shape index (κ1) is 7.50. The fraction of sp³-hybridized carbons (Fsp3) is 0.833. The Kier molecular flexibility index (Phi) is 1.66. The summed E-state index contributed by atoms with van der Waals surface area (Å²) in [7, 11) is 0. The molecule has 0 aromatic heterocycles. The molecule has 0 aromatic carbocycles. The molecule has 1 aliphatic rings. The maximum Gasteiger partial charge on any atom is 0.313 e. The molecule has 4 heteroatoms. The third-order valence-electron chi connectivity index (χ3n) is 1.12. The van der Waals surface area contributed by atoms with Crippen molar-refractivity contribution >= 4 is 5.97 Å². The Hall–Kier alpha value is -0.610. The number of aliphatic hydroxyl groups is 1. The fourth-order valence-corrected chi connectivity index (χ4v) is 0.852. The summed E-state index contributed by atoms with van der Waals surface area (Å²) in [6.07, 6.45) is -1.10. The minimum absolute atomic E-state index is 0.0799. The van der Waals surface area contributed by atoms with Crippen LogP contribution in [0.25, 0.3) is 0 Å². The topological polar surface area (TPSA) is 55.8 Å². The van der Waals surface area contributed by atoms with Gasteiger partial charge in [0.1, 0.15) is 0 Å². The Morgan fingerprint density at radius 2 is 2.30 bits per heavy atom. The summed E-state index contributed by atoms with van der Waals surface area (Å²) in [5.74, 6) is -1.40. The summed E-state index contributed by atoms with van der Waals surface area (Å²) in [6.45, 7) is 3.15. The van der Waals surface area contributed by atoms with Crippen LogP contribution in [0.5, 0.6) is 0 Å². The smallest absolute Gasteiger partial charge is 0.313 e. The molecular formula is C6H10O4. The van der Waals surface area contributed by atoms with E-state index >= 15 is 0 Å². The number of hydrogen-bond acceptors (Lipinski definition) is 4. The van der Waals surface area contributed by atoms with Crippen LogP contribution in [0.3, 0.4) is 0 Å². The maximum absolute atomic E-state index is 10.6. The van der Waals surface area contributed by atoms with Gasteiger partial charge in [0.15, 0.2) is 6.29 Å². The normalized spacial score (nSPS) is 31.5. The Balaban J connectivity index is 2.59. The number of hydrogen-bond donors (Lipinski definition) is 1. The van der Waals surface area contributed by atoms with E-state index in [1.807, 2.05) is 0 Å². The highest BCUT2D eigenvalue weighted by atomic mass is 16.8. The SMILES string of the molecule is CC1(C)OC(=O)CC(O)O1. The molecule has 1 N–H and O–H groups in total. The van der Waals surface area contributed by atoms with E-state index in [1.54, 1.807) is 13.8 Å². The van der Waals surface area contributed by atoms with E-state index < -0.39 is 18.0 Å². The Morgan fingerprint density at radius 3 is 2.70 bits per heavy atom. The van der Waals surface area contributed by atoms with Crippen LogP contribution in [0.2, 0.25) is 0 Å². The van der Waals surface area contributed by atoms with Crippen molar-refractivity contribution < 1.29 is 19.4 Å². The van der Waals surface area contributed by atoms with Crippen LogP contribution in [0, 0.1) is 0 Å². The Morgan fingerprint density at radius 1 is 1.70 bits per heavy atom. The van der Waals surface area contributed by atoms with Crippen molar-refractivity contribution in [2.75, 3.05) is 0 Å². The number of carbonyl (C=O) groups excluding carboxylic acids is 1. The molecule has 1 aliphatic heterocycles. The standard InChI is InChI=1S/C6H10O4/c1-6(2)9-4(7)3-5(8)10-6/h4,7H,3H2,1-2H3. The number of ether oxygens (including phenoxy) is 2. The molecule has 1 fully saturated rings. The van der Waals surface area contributed by atoms with E-state index in [0.29, 0.717) is 0 Å². The number of aliphatic hydroxyl groups excluding tert-OH is 1. The monoisotopic (exact) mass is 146 g/mol. The molecule has 4 nitrogen and oxygen atoms in total. The second-order valence-electron chi connectivity index (χ2n) is 2.65. The molecular weight excluding hydrogens is 136 g/mol. The molecule has 0 saturated carbocycles. The number of esters is 1. The molecule has 0 aromatic rings. The average Bonchev–Trinajstić information content (AvgIpc) is 1.54. The molecule has 1 unspecified atom stereocenters. The molecule has 1 saturated heterocycles. The summed E-state index contributed by atoms with van der Waals surface area (Å²) in [5.41, 5.74) is 0. The minimum atomic E-state index is -1.02. The molecule has 0 radical (unpaired) electrons. The van der Waals surface area contributed by atoms with Gasteiger partial charge in [0.25, 0.3) is 0 Å². The minimum Gasteiger partial charge on any atom is -0.433 e. The van der Waals surface area contributed by atoms with Crippen LogP contribution in [0.4, 0.5) is 0 Å². The third kappa shape index (κ3) is 1.68. The third-order valence-corrected chi connectivity index (χ3v) is 1.12. The molecule has 10 heavy (non-hydrogen) atoms. The van der Waals surface area contributed by atoms with Gasteiger partial charge in [0.05, 0.1) is 6.42 Å². The van der Waals surface area contributed by atoms with Gasteiger partial charge < -0.3 is 14.6 Å². The van der Waals surface area contributed by atoms with Crippen molar-refractivity contribution in [3.8, 4) is 0 Å². The van der Waals surface area contributed by atoms with Crippen LogP contribution in [0.15, 0.2) is 0 Å². The van der Waals surface area contributed by atoms with Crippen molar-refractivity contribution in [1.82, 2.24) is 0 Å². The highest BCUT2D eigenvalue weighted by Gasteiger charge is 2.33. The predicted octanol–water partition coefficient (Wildman–Crippen LogP) is 0.00440. The predicted molar refractivity (Wildman–Crippen MR) is 31.9 cm³/mol. The van der Waals surface area contributed by atoms with Gasteiger partial charge >= 0.3 is 5.97 Å². The van der Waals surface area contributed by atoms with E-state index in [4.69, 9.17) is 14.6 Å². The summed E-state index contributed by atoms with van der Waals surface area (Å²) in [4.78, 5) is 10.6. The Labute approximate surface area is 58.7 Å². The molecule has 0 amide bonds. The van der Waals surface area contributed by atoms with Crippen LogP contribution in [0.1, 0.15) is 20.3 Å². The number of rotatable bonds is 0. The van der Waals surface area contributed by atoms with Gasteiger partial charge in [-0.15, -0.1) is 0 Å². The van der Waals surface area contributed by atoms with Crippen LogP contribution in [-0.4, -0.2) is 23.2 Å². The van der Waals surface area contributed by atoms with Crippen molar-refractivity contribution in [2.45, 2.75) is 32.3 Å². The van der Waals surface area contributed by atoms with Gasteiger partial charge in [-0.05, 0) is 0 Å². The average molecular weight is 146 g/mol. The first-order valence-corrected chi connectivity index (χ1v) is 3.07. The van der Waals surface area contributed by atoms with Crippen molar-refractivity contribution in [1.29, 1.82) is 0 Å². The quantitative estimate of drug-likeness (QED) is 0.489. The van der Waals surface area contributed by atoms with Crippen LogP contribution < -0.4 is 0 Å². The van der Waals surface area contributed by atoms with Gasteiger partial charge in [-0.3, -0.25) is 4.79 Å². The highest BCUT2D eigenvalue weighted by molar-refractivity contribution is 5.70. The molecule has 0 bridgehead atoms. The molecule has 0 spiro atoms. The molecule has 1 heterocycles. The summed E-state index contributed by atoms with van der Waals surface area (Å²) in [6, 6.07) is 0. The van der Waals surface area contributed by atoms with Crippen LogP contribution in [-0.2, 0) is 14.3 Å². The molecule has 1 rings (SSSR count). The molecule has 0 aliphatic carbocycles. The van der Waals surface area contributed by atoms with Gasteiger partial charge in [-0.2, -0.15) is 0 Å². The van der Waals surface area contributed by atoms with Crippen molar-refractivity contribution in [3.63, 3.8) is 0 Å². The Bertz CT molecular complexity index is 152. The van der Waals surface area contributed by atoms with Crippen LogP contribution >= 0.6 is 0 Å². The fourth-order valence-electron chi connectivity index (χ4n) is 0.852. The number of cyclic esters (lactones) is 1. The second kappa shape index (κ2) is 2.21. The number of carbonyl (C=O) groups is 1. The second-order valence-corrected chi connectivity index (χ2v) is 2.65. The summed E-state index contributed by atoms with van der Waals surface area (Å²) < 4.78 is 9.58. The maximum atomic E-state index is 10.6.